The van der Waals surface area contributed by atoms with E-state index < -0.39 is 27.2 Å². The number of nitrogens with one attached hydrogen (secondary N) is 1. The Morgan fingerprint density at radius 2 is 1.95 bits per heavy atom. The van der Waals surface area contributed by atoms with Crippen molar-refractivity contribution in [3.05, 3.63) is 35.9 Å². The van der Waals surface area contributed by atoms with Gasteiger partial charge in [-0.3, -0.25) is 7.86 Å². The zero-order chi connectivity index (χ0) is 14.8. The number of unbranched alkanes of at least 4 members (excludes halogenated alkanes) is 1. The van der Waals surface area contributed by atoms with Gasteiger partial charge in [-0.1, -0.05) is 30.3 Å². The van der Waals surface area contributed by atoms with E-state index in [1.165, 1.54) is 0 Å². The molecular weight excluding hydrogens is 369 g/mol. The van der Waals surface area contributed by atoms with Crippen LogP contribution in [0.4, 0.5) is 0 Å². The van der Waals surface area contributed by atoms with Crippen LogP contribution in [-0.4, -0.2) is 22.5 Å². The third-order valence-electron chi connectivity index (χ3n) is 2.95. The van der Waals surface area contributed by atoms with E-state index in [0.29, 0.717) is 19.4 Å². The molecule has 0 spiro atoms. The number of alkyl halides is 1. The maximum absolute atomic E-state index is 12.0. The quantitative estimate of drug-likeness (QED) is 0.257. The van der Waals surface area contributed by atoms with Crippen molar-refractivity contribution in [2.45, 2.75) is 35.8 Å². The van der Waals surface area contributed by atoms with Gasteiger partial charge in [-0.2, -0.15) is 0 Å². The molecule has 112 valence electrons. The fourth-order valence-electron chi connectivity index (χ4n) is 1.83. The number of halogens is 1. The van der Waals surface area contributed by atoms with Crippen molar-refractivity contribution >= 4 is 27.1 Å². The Balaban J connectivity index is 2.41. The molecule has 20 heavy (non-hydrogen) atoms. The molecule has 0 radical (unpaired) electrons. The lowest BCUT2D eigenvalue weighted by atomic mass is 10.1. The number of hydrogen-bond acceptors (Lipinski definition) is 4. The Morgan fingerprint density at radius 1 is 1.25 bits per heavy atom. The van der Waals surface area contributed by atoms with Gasteiger partial charge in [0, 0.05) is 0 Å². The Kier molecular flexibility index (Phi) is 8.56. The number of benzene rings is 1. The van der Waals surface area contributed by atoms with Crippen LogP contribution in [0.25, 0.3) is 0 Å². The summed E-state index contributed by atoms with van der Waals surface area (Å²) in [6, 6.07) is 9.02. The average molecular weight is 391 g/mol. The molecule has 0 fully saturated rings. The molecule has 1 aromatic carbocycles. The molecule has 0 saturated heterocycles. The summed E-state index contributed by atoms with van der Waals surface area (Å²) in [7, 11) is 0. The first-order valence-corrected chi connectivity index (χ1v) is 8.85. The maximum Gasteiger partial charge on any atom is 0.238 e. The van der Waals surface area contributed by atoms with Crippen LogP contribution in [0.2, 0.25) is 0 Å². The largest absolute Gasteiger partial charge is 0.340 e. The minimum Gasteiger partial charge on any atom is -0.340 e. The molecule has 1 amide bonds. The molecule has 5 N–H and O–H groups in total. The lowest BCUT2D eigenvalue weighted by Gasteiger charge is -2.16. The van der Waals surface area contributed by atoms with Crippen molar-refractivity contribution in [3.63, 3.8) is 0 Å². The fourth-order valence-corrected chi connectivity index (χ4v) is 2.96. The van der Waals surface area contributed by atoms with Crippen LogP contribution >= 0.6 is 21.2 Å². The molecule has 0 bridgehead atoms. The van der Waals surface area contributed by atoms with Crippen molar-refractivity contribution in [2.75, 3.05) is 6.54 Å². The Bertz CT molecular complexity index is 414. The molecule has 6 heteroatoms. The van der Waals surface area contributed by atoms with E-state index in [4.69, 9.17) is 11.5 Å². The molecule has 0 heterocycles. The van der Waals surface area contributed by atoms with Crippen LogP contribution in [0.15, 0.2) is 30.3 Å². The van der Waals surface area contributed by atoms with Gasteiger partial charge in [0.2, 0.25) is 5.91 Å². The van der Waals surface area contributed by atoms with Crippen molar-refractivity contribution in [3.8, 4) is 0 Å². The van der Waals surface area contributed by atoms with E-state index in [1.54, 1.807) is 0 Å². The summed E-state index contributed by atoms with van der Waals surface area (Å²) in [5.74, 6) is -0.234. The van der Waals surface area contributed by atoms with Gasteiger partial charge in [0.15, 0.2) is 21.2 Å². The SMILES string of the molecule is NCCCCC(NC(=O)C(N)Cc1ccccc1)I=O. The summed E-state index contributed by atoms with van der Waals surface area (Å²) in [5, 5.41) is 2.78. The first kappa shape index (κ1) is 17.2. The zero-order valence-electron chi connectivity index (χ0n) is 11.4. The van der Waals surface area contributed by atoms with Crippen molar-refractivity contribution < 1.29 is 7.86 Å². The molecule has 0 saturated carbocycles. The molecule has 0 aromatic heterocycles. The Labute approximate surface area is 130 Å². The highest BCUT2D eigenvalue weighted by molar-refractivity contribution is 14.1. The van der Waals surface area contributed by atoms with Crippen LogP contribution < -0.4 is 16.8 Å². The van der Waals surface area contributed by atoms with Gasteiger partial charge in [-0.25, -0.2) is 0 Å². The Hall–Kier alpha value is -0.860. The predicted molar refractivity (Wildman–Crippen MR) is 87.7 cm³/mol. The van der Waals surface area contributed by atoms with Crippen LogP contribution in [0, 0.1) is 0 Å². The number of nitrogens with two attached hydrogens (primary N) is 2. The van der Waals surface area contributed by atoms with E-state index in [9.17, 15) is 7.86 Å². The monoisotopic (exact) mass is 391 g/mol. The van der Waals surface area contributed by atoms with Crippen LogP contribution in [0.1, 0.15) is 24.8 Å². The maximum atomic E-state index is 12.0. The molecule has 1 aromatic rings. The van der Waals surface area contributed by atoms with E-state index in [1.807, 2.05) is 30.3 Å². The van der Waals surface area contributed by atoms with Gasteiger partial charge >= 0.3 is 0 Å². The minimum absolute atomic E-state index is 0.234. The van der Waals surface area contributed by atoms with Crippen LogP contribution in [-0.2, 0) is 14.3 Å². The second kappa shape index (κ2) is 9.95. The van der Waals surface area contributed by atoms with E-state index >= 15 is 0 Å². The van der Waals surface area contributed by atoms with E-state index in [0.717, 1.165) is 18.4 Å². The predicted octanol–water partition coefficient (Wildman–Crippen LogP) is 1.44. The summed E-state index contributed by atoms with van der Waals surface area (Å²) >= 11 is -1.27. The fraction of sp³-hybridized carbons (Fsp3) is 0.500. The van der Waals surface area contributed by atoms with Crippen molar-refractivity contribution in [2.24, 2.45) is 11.5 Å². The lowest BCUT2D eigenvalue weighted by molar-refractivity contribution is -0.122. The second-order valence-corrected chi connectivity index (χ2v) is 6.66. The first-order valence-electron chi connectivity index (χ1n) is 6.73. The summed E-state index contributed by atoms with van der Waals surface area (Å²) in [6.07, 6.45) is 2.95. The molecule has 0 aliphatic carbocycles. The second-order valence-electron chi connectivity index (χ2n) is 4.65. The number of hydrogen-bond donors (Lipinski definition) is 3. The van der Waals surface area contributed by atoms with E-state index in [2.05, 4.69) is 5.32 Å². The van der Waals surface area contributed by atoms with Crippen molar-refractivity contribution in [1.29, 1.82) is 0 Å². The van der Waals surface area contributed by atoms with Gasteiger partial charge in [0.1, 0.15) is 4.05 Å². The summed E-state index contributed by atoms with van der Waals surface area (Å²) in [5.41, 5.74) is 12.3. The summed E-state index contributed by atoms with van der Waals surface area (Å²) < 4.78 is 10.9. The highest BCUT2D eigenvalue weighted by Gasteiger charge is 2.18. The minimum atomic E-state index is -1.27. The number of carbonyl (C=O) groups is 1. The lowest BCUT2D eigenvalue weighted by Crippen LogP contribution is -2.44. The smallest absolute Gasteiger partial charge is 0.238 e. The van der Waals surface area contributed by atoms with E-state index in [-0.39, 0.29) is 9.96 Å². The molecule has 2 unspecified atom stereocenters. The third kappa shape index (κ3) is 6.53. The number of amides is 1. The highest BCUT2D eigenvalue weighted by atomic mass is 127. The molecular formula is C14H22IN3O2. The summed E-state index contributed by atoms with van der Waals surface area (Å²) in [6.45, 7) is 0.616. The molecule has 0 aliphatic rings. The third-order valence-corrected chi connectivity index (χ3v) is 4.50. The van der Waals surface area contributed by atoms with Crippen LogP contribution in [0.5, 0.6) is 0 Å². The Morgan fingerprint density at radius 3 is 2.55 bits per heavy atom. The number of rotatable bonds is 9. The molecule has 1 rings (SSSR count). The van der Waals surface area contributed by atoms with Gasteiger partial charge in [-0.05, 0) is 37.8 Å². The normalized spacial score (nSPS) is 13.7. The van der Waals surface area contributed by atoms with Gasteiger partial charge in [0.25, 0.3) is 0 Å². The first-order chi connectivity index (χ1) is 9.67. The van der Waals surface area contributed by atoms with Gasteiger partial charge in [-0.15, -0.1) is 0 Å². The summed E-state index contributed by atoms with van der Waals surface area (Å²) in [4.78, 5) is 12.0. The standard InChI is InChI=1S/C14H22IN3O2/c16-9-5-4-8-13(15-20)18-14(19)12(17)10-11-6-2-1-3-7-11/h1-3,6-7,12-13H,4-5,8-10,16-17H2,(H,18,19). The highest BCUT2D eigenvalue weighted by Crippen LogP contribution is 2.12. The van der Waals surface area contributed by atoms with Gasteiger partial charge < -0.3 is 16.8 Å². The molecule has 0 aliphatic heterocycles. The molecule has 5 nitrogen and oxygen atoms in total. The van der Waals surface area contributed by atoms with Crippen molar-refractivity contribution in [1.82, 2.24) is 5.32 Å². The van der Waals surface area contributed by atoms with Gasteiger partial charge in [0.05, 0.1) is 6.04 Å². The van der Waals surface area contributed by atoms with Crippen LogP contribution in [0.3, 0.4) is 0 Å². The number of carbonyl (C=O) groups excluding carboxylic acids is 1. The molecule has 2 atom stereocenters. The zero-order valence-corrected chi connectivity index (χ0v) is 13.6. The average Bonchev–Trinajstić information content (AvgIpc) is 2.47. The topological polar surface area (TPSA) is 98.2 Å².